The molecule has 1 aromatic carbocycles. The zero-order valence-corrected chi connectivity index (χ0v) is 10.4. The zero-order valence-electron chi connectivity index (χ0n) is 10.4. The molecule has 1 aromatic rings. The van der Waals surface area contributed by atoms with E-state index in [0.29, 0.717) is 12.2 Å². The molecule has 0 unspecified atom stereocenters. The average molecular weight is 252 g/mol. The van der Waals surface area contributed by atoms with Crippen LogP contribution in [0.5, 0.6) is 0 Å². The summed E-state index contributed by atoms with van der Waals surface area (Å²) in [5.74, 6) is -0.879. The van der Waals surface area contributed by atoms with Crippen molar-refractivity contribution < 1.29 is 15.0 Å². The van der Waals surface area contributed by atoms with Crippen LogP contribution in [0.25, 0.3) is 0 Å². The number of nitrogens with zero attached hydrogens (tertiary/aromatic N) is 1. The smallest absolute Gasteiger partial charge is 0.335 e. The molecule has 0 atom stereocenters. The molecular weight excluding hydrogens is 232 g/mol. The Morgan fingerprint density at radius 3 is 2.28 bits per heavy atom. The first-order valence-corrected chi connectivity index (χ1v) is 6.06. The fourth-order valence-corrected chi connectivity index (χ4v) is 1.66. The normalized spacial score (nSPS) is 15.6. The van der Waals surface area contributed by atoms with Gasteiger partial charge in [0.15, 0.2) is 0 Å². The Bertz CT molecular complexity index is 335. The van der Waals surface area contributed by atoms with E-state index in [1.807, 2.05) is 0 Å². The third kappa shape index (κ3) is 5.77. The third-order valence-corrected chi connectivity index (χ3v) is 2.65. The summed E-state index contributed by atoms with van der Waals surface area (Å²) in [6.45, 7) is 5.43. The molecule has 0 saturated carbocycles. The third-order valence-electron chi connectivity index (χ3n) is 2.65. The van der Waals surface area contributed by atoms with Crippen LogP contribution in [0, 0.1) is 0 Å². The number of β-amino-alcohol motifs (C(OH)–C–C–N with tert-alkyl or cyclic N) is 1. The quantitative estimate of drug-likeness (QED) is 0.720. The van der Waals surface area contributed by atoms with Gasteiger partial charge in [0.05, 0.1) is 12.2 Å². The van der Waals surface area contributed by atoms with Crippen molar-refractivity contribution >= 4 is 5.97 Å². The van der Waals surface area contributed by atoms with Crippen LogP contribution in [0.3, 0.4) is 0 Å². The highest BCUT2D eigenvalue weighted by molar-refractivity contribution is 5.87. The number of carbonyl (C=O) groups is 1. The fourth-order valence-electron chi connectivity index (χ4n) is 1.66. The summed E-state index contributed by atoms with van der Waals surface area (Å²) < 4.78 is 0. The molecule has 0 spiro atoms. The lowest BCUT2D eigenvalue weighted by Gasteiger charge is -2.25. The van der Waals surface area contributed by atoms with Crippen molar-refractivity contribution in [3.8, 4) is 0 Å². The minimum Gasteiger partial charge on any atom is -0.478 e. The first kappa shape index (κ1) is 14.6. The Morgan fingerprint density at radius 1 is 1.22 bits per heavy atom. The van der Waals surface area contributed by atoms with Gasteiger partial charge in [0, 0.05) is 32.7 Å². The van der Waals surface area contributed by atoms with E-state index in [4.69, 9.17) is 10.2 Å². The molecule has 2 rings (SSSR count). The van der Waals surface area contributed by atoms with Crippen LogP contribution >= 0.6 is 0 Å². The second-order valence-corrected chi connectivity index (χ2v) is 3.99. The number of carboxylic acid groups (broad SMARTS) is 1. The van der Waals surface area contributed by atoms with Gasteiger partial charge in [-0.2, -0.15) is 0 Å². The maximum Gasteiger partial charge on any atom is 0.335 e. The molecule has 1 fully saturated rings. The molecule has 100 valence electrons. The molecule has 1 heterocycles. The van der Waals surface area contributed by atoms with Crippen molar-refractivity contribution in [1.29, 1.82) is 0 Å². The number of nitrogens with one attached hydrogen (secondary N) is 1. The van der Waals surface area contributed by atoms with E-state index in [1.54, 1.807) is 30.3 Å². The van der Waals surface area contributed by atoms with E-state index in [-0.39, 0.29) is 0 Å². The molecule has 0 aliphatic carbocycles. The predicted molar refractivity (Wildman–Crippen MR) is 69.8 cm³/mol. The highest BCUT2D eigenvalue weighted by Gasteiger charge is 2.06. The zero-order chi connectivity index (χ0) is 13.2. The molecule has 0 amide bonds. The topological polar surface area (TPSA) is 72.8 Å². The molecule has 5 nitrogen and oxygen atoms in total. The van der Waals surface area contributed by atoms with Crippen LogP contribution in [0.15, 0.2) is 30.3 Å². The van der Waals surface area contributed by atoms with Crippen LogP contribution in [0.1, 0.15) is 10.4 Å². The number of hydrogen-bond donors (Lipinski definition) is 3. The Kier molecular flexibility index (Phi) is 7.01. The van der Waals surface area contributed by atoms with Gasteiger partial charge < -0.3 is 15.5 Å². The van der Waals surface area contributed by atoms with Gasteiger partial charge in [-0.15, -0.1) is 0 Å². The number of aromatic carboxylic acids is 1. The van der Waals surface area contributed by atoms with Crippen molar-refractivity contribution in [2.75, 3.05) is 39.3 Å². The molecular formula is C13H20N2O3. The molecule has 0 bridgehead atoms. The lowest BCUT2D eigenvalue weighted by molar-refractivity contribution is 0.0697. The summed E-state index contributed by atoms with van der Waals surface area (Å²) in [4.78, 5) is 12.5. The molecule has 1 aliphatic heterocycles. The molecule has 3 N–H and O–H groups in total. The minimum atomic E-state index is -0.879. The van der Waals surface area contributed by atoms with E-state index in [1.165, 1.54) is 0 Å². The lowest BCUT2D eigenvalue weighted by atomic mass is 10.2. The molecule has 5 heteroatoms. The van der Waals surface area contributed by atoms with Crippen molar-refractivity contribution in [3.63, 3.8) is 0 Å². The number of hydrogen-bond acceptors (Lipinski definition) is 4. The lowest BCUT2D eigenvalue weighted by Crippen LogP contribution is -2.44. The second kappa shape index (κ2) is 8.63. The highest BCUT2D eigenvalue weighted by atomic mass is 16.4. The Balaban J connectivity index is 0.000000180. The van der Waals surface area contributed by atoms with Gasteiger partial charge in [-0.25, -0.2) is 4.79 Å². The minimum absolute atomic E-state index is 0.292. The van der Waals surface area contributed by atoms with E-state index >= 15 is 0 Å². The maximum atomic E-state index is 10.2. The maximum absolute atomic E-state index is 10.2. The van der Waals surface area contributed by atoms with Crippen molar-refractivity contribution in [1.82, 2.24) is 10.2 Å². The first-order chi connectivity index (χ1) is 8.74. The van der Waals surface area contributed by atoms with Crippen LogP contribution in [-0.2, 0) is 0 Å². The Hall–Kier alpha value is -1.43. The van der Waals surface area contributed by atoms with Crippen molar-refractivity contribution in [2.45, 2.75) is 0 Å². The molecule has 1 aliphatic rings. The van der Waals surface area contributed by atoms with E-state index in [2.05, 4.69) is 10.2 Å². The van der Waals surface area contributed by atoms with E-state index in [0.717, 1.165) is 32.7 Å². The van der Waals surface area contributed by atoms with Crippen LogP contribution < -0.4 is 5.32 Å². The fraction of sp³-hybridized carbons (Fsp3) is 0.462. The van der Waals surface area contributed by atoms with Gasteiger partial charge in [-0.3, -0.25) is 4.90 Å². The molecule has 0 radical (unpaired) electrons. The monoisotopic (exact) mass is 252 g/mol. The molecule has 0 aromatic heterocycles. The second-order valence-electron chi connectivity index (χ2n) is 3.99. The first-order valence-electron chi connectivity index (χ1n) is 6.06. The standard InChI is InChI=1S/C7H6O2.C6H14N2O/c8-7(9)6-4-2-1-3-5-6;9-6-5-8-3-1-7-2-4-8/h1-5H,(H,8,9);7,9H,1-6H2. The van der Waals surface area contributed by atoms with E-state index in [9.17, 15) is 4.79 Å². The summed E-state index contributed by atoms with van der Waals surface area (Å²) >= 11 is 0. The molecule has 1 saturated heterocycles. The van der Waals surface area contributed by atoms with Crippen molar-refractivity contribution in [2.24, 2.45) is 0 Å². The number of rotatable bonds is 3. The largest absolute Gasteiger partial charge is 0.478 e. The van der Waals surface area contributed by atoms with Crippen LogP contribution in [0.4, 0.5) is 0 Å². The number of carboxylic acids is 1. The number of benzene rings is 1. The summed E-state index contributed by atoms with van der Waals surface area (Å²) in [6.07, 6.45) is 0. The van der Waals surface area contributed by atoms with Gasteiger partial charge in [0.25, 0.3) is 0 Å². The summed E-state index contributed by atoms with van der Waals surface area (Å²) in [5.41, 5.74) is 0.331. The van der Waals surface area contributed by atoms with Gasteiger partial charge in [0.2, 0.25) is 0 Å². The van der Waals surface area contributed by atoms with E-state index < -0.39 is 5.97 Å². The summed E-state index contributed by atoms with van der Waals surface area (Å²) in [5, 5.41) is 20.2. The summed E-state index contributed by atoms with van der Waals surface area (Å²) in [7, 11) is 0. The highest BCUT2D eigenvalue weighted by Crippen LogP contribution is 1.96. The number of aliphatic hydroxyl groups excluding tert-OH is 1. The summed E-state index contributed by atoms with van der Waals surface area (Å²) in [6, 6.07) is 8.30. The van der Waals surface area contributed by atoms with Crippen LogP contribution in [0.2, 0.25) is 0 Å². The average Bonchev–Trinajstić information content (AvgIpc) is 2.42. The Labute approximate surface area is 107 Å². The van der Waals surface area contributed by atoms with Gasteiger partial charge >= 0.3 is 5.97 Å². The van der Waals surface area contributed by atoms with Gasteiger partial charge in [0.1, 0.15) is 0 Å². The van der Waals surface area contributed by atoms with Crippen molar-refractivity contribution in [3.05, 3.63) is 35.9 Å². The van der Waals surface area contributed by atoms with Crippen LogP contribution in [-0.4, -0.2) is 60.4 Å². The number of piperazine rings is 1. The Morgan fingerprint density at radius 2 is 1.83 bits per heavy atom. The SMILES string of the molecule is O=C(O)c1ccccc1.OCCN1CCNCC1. The number of aliphatic hydroxyl groups is 1. The predicted octanol–water partition coefficient (Wildman–Crippen LogP) is 0.269. The molecule has 18 heavy (non-hydrogen) atoms. The van der Waals surface area contributed by atoms with Gasteiger partial charge in [-0.05, 0) is 12.1 Å². The van der Waals surface area contributed by atoms with Gasteiger partial charge in [-0.1, -0.05) is 18.2 Å².